The minimum absolute atomic E-state index is 0.338. The molecule has 5 heteroatoms. The molecule has 0 aliphatic carbocycles. The highest BCUT2D eigenvalue weighted by molar-refractivity contribution is 7.32. The average Bonchev–Trinajstić information content (AvgIpc) is 2.29. The standard InChI is InChI=1S/C13H27O4P/c1-13(2)9-5-3-4-6-10-16-11-7-8-12-17-18(14)15/h13H,3-12H2,1-2H3/p+1. The highest BCUT2D eigenvalue weighted by Gasteiger charge is 2.09. The second-order valence-corrected chi connectivity index (χ2v) is 5.72. The van der Waals surface area contributed by atoms with Crippen molar-refractivity contribution in [1.82, 2.24) is 0 Å². The minimum atomic E-state index is -2.43. The predicted octanol–water partition coefficient (Wildman–Crippen LogP) is 4.06. The Balaban J connectivity index is 2.97. The smallest absolute Gasteiger partial charge is 0.381 e. The van der Waals surface area contributed by atoms with E-state index in [2.05, 4.69) is 18.4 Å². The Kier molecular flexibility index (Phi) is 13.4. The van der Waals surface area contributed by atoms with Crippen molar-refractivity contribution in [3.05, 3.63) is 0 Å². The molecule has 0 bridgehead atoms. The molecule has 1 unspecified atom stereocenters. The third kappa shape index (κ3) is 16.0. The molecular weight excluding hydrogens is 251 g/mol. The zero-order chi connectivity index (χ0) is 13.6. The van der Waals surface area contributed by atoms with E-state index in [4.69, 9.17) is 9.63 Å². The van der Waals surface area contributed by atoms with Crippen molar-refractivity contribution in [1.29, 1.82) is 0 Å². The van der Waals surface area contributed by atoms with Crippen molar-refractivity contribution < 1.29 is 18.7 Å². The molecule has 1 N–H and O–H groups in total. The Morgan fingerprint density at radius 2 is 1.50 bits per heavy atom. The Morgan fingerprint density at radius 1 is 0.944 bits per heavy atom. The van der Waals surface area contributed by atoms with Gasteiger partial charge in [-0.2, -0.15) is 0 Å². The van der Waals surface area contributed by atoms with Crippen molar-refractivity contribution in [3.63, 3.8) is 0 Å². The molecule has 0 rings (SSSR count). The quantitative estimate of drug-likeness (QED) is 0.408. The van der Waals surface area contributed by atoms with Crippen LogP contribution in [0.25, 0.3) is 0 Å². The van der Waals surface area contributed by atoms with E-state index >= 15 is 0 Å². The SMILES string of the molecule is CC(C)CCCCCCOCCCCO[P+](=O)O. The van der Waals surface area contributed by atoms with Gasteiger partial charge in [-0.25, -0.2) is 0 Å². The molecule has 0 saturated carbocycles. The summed E-state index contributed by atoms with van der Waals surface area (Å²) < 4.78 is 20.2. The summed E-state index contributed by atoms with van der Waals surface area (Å²) in [5.41, 5.74) is 0. The number of ether oxygens (including phenoxy) is 1. The van der Waals surface area contributed by atoms with E-state index in [0.29, 0.717) is 6.61 Å². The van der Waals surface area contributed by atoms with Gasteiger partial charge in [-0.3, -0.25) is 0 Å². The van der Waals surface area contributed by atoms with E-state index < -0.39 is 8.25 Å². The third-order valence-corrected chi connectivity index (χ3v) is 3.11. The van der Waals surface area contributed by atoms with Crippen LogP contribution in [0.2, 0.25) is 0 Å². The Hall–Kier alpha value is -0.0200. The Morgan fingerprint density at radius 3 is 2.11 bits per heavy atom. The lowest BCUT2D eigenvalue weighted by atomic mass is 10.0. The largest absolute Gasteiger partial charge is 0.694 e. The molecule has 0 aromatic heterocycles. The lowest BCUT2D eigenvalue weighted by Crippen LogP contribution is -1.99. The van der Waals surface area contributed by atoms with Crippen LogP contribution in [0.3, 0.4) is 0 Å². The first-order valence-electron chi connectivity index (χ1n) is 6.99. The van der Waals surface area contributed by atoms with Gasteiger partial charge in [0, 0.05) is 17.8 Å². The normalized spacial score (nSPS) is 12.1. The van der Waals surface area contributed by atoms with E-state index in [1.54, 1.807) is 0 Å². The zero-order valence-corrected chi connectivity index (χ0v) is 12.7. The first kappa shape index (κ1) is 18.0. The maximum atomic E-state index is 10.2. The van der Waals surface area contributed by atoms with Gasteiger partial charge in [-0.05, 0) is 25.2 Å². The summed E-state index contributed by atoms with van der Waals surface area (Å²) >= 11 is 0. The summed E-state index contributed by atoms with van der Waals surface area (Å²) in [6.45, 7) is 6.41. The topological polar surface area (TPSA) is 55.8 Å². The molecule has 1 atom stereocenters. The van der Waals surface area contributed by atoms with Crippen LogP contribution < -0.4 is 0 Å². The predicted molar refractivity (Wildman–Crippen MR) is 73.8 cm³/mol. The molecule has 4 nitrogen and oxygen atoms in total. The van der Waals surface area contributed by atoms with Crippen LogP contribution in [0.15, 0.2) is 0 Å². The summed E-state index contributed by atoms with van der Waals surface area (Å²) in [4.78, 5) is 8.39. The first-order chi connectivity index (χ1) is 8.63. The van der Waals surface area contributed by atoms with Crippen LogP contribution >= 0.6 is 8.25 Å². The fourth-order valence-corrected chi connectivity index (χ4v) is 1.95. The Bertz CT molecular complexity index is 197. The average molecular weight is 279 g/mol. The summed E-state index contributed by atoms with van der Waals surface area (Å²) in [7, 11) is -2.43. The fourth-order valence-electron chi connectivity index (χ4n) is 1.66. The summed E-state index contributed by atoms with van der Waals surface area (Å²) in [6, 6.07) is 0. The van der Waals surface area contributed by atoms with Gasteiger partial charge in [0.05, 0.1) is 0 Å². The molecule has 0 aromatic carbocycles. The van der Waals surface area contributed by atoms with Crippen molar-refractivity contribution in [2.75, 3.05) is 19.8 Å². The lowest BCUT2D eigenvalue weighted by Gasteiger charge is -2.05. The monoisotopic (exact) mass is 279 g/mol. The number of hydrogen-bond acceptors (Lipinski definition) is 3. The van der Waals surface area contributed by atoms with E-state index in [9.17, 15) is 4.57 Å². The maximum Gasteiger partial charge on any atom is 0.694 e. The van der Waals surface area contributed by atoms with Crippen molar-refractivity contribution in [2.24, 2.45) is 5.92 Å². The molecule has 0 radical (unpaired) electrons. The van der Waals surface area contributed by atoms with Gasteiger partial charge in [0.1, 0.15) is 6.61 Å². The molecule has 108 valence electrons. The van der Waals surface area contributed by atoms with Gasteiger partial charge in [0.25, 0.3) is 0 Å². The molecule has 0 saturated heterocycles. The van der Waals surface area contributed by atoms with E-state index in [1.807, 2.05) is 0 Å². The van der Waals surface area contributed by atoms with Crippen LogP contribution in [0.4, 0.5) is 0 Å². The molecule has 0 aliphatic rings. The Labute approximate surface area is 112 Å². The van der Waals surface area contributed by atoms with Gasteiger partial charge < -0.3 is 4.74 Å². The van der Waals surface area contributed by atoms with Crippen LogP contribution in [0, 0.1) is 5.92 Å². The lowest BCUT2D eigenvalue weighted by molar-refractivity contribution is 0.122. The second kappa shape index (κ2) is 13.4. The zero-order valence-electron chi connectivity index (χ0n) is 11.8. The second-order valence-electron chi connectivity index (χ2n) is 4.99. The number of rotatable bonds is 13. The van der Waals surface area contributed by atoms with E-state index in [0.717, 1.165) is 38.4 Å². The van der Waals surface area contributed by atoms with Crippen LogP contribution in [-0.2, 0) is 13.8 Å². The molecule has 0 aliphatic heterocycles. The molecule has 0 amide bonds. The maximum absolute atomic E-state index is 10.2. The van der Waals surface area contributed by atoms with Gasteiger partial charge >= 0.3 is 8.25 Å². The number of unbranched alkanes of at least 4 members (excludes halogenated alkanes) is 4. The summed E-state index contributed by atoms with van der Waals surface area (Å²) in [6.07, 6.45) is 8.01. The molecule has 0 spiro atoms. The summed E-state index contributed by atoms with van der Waals surface area (Å²) in [5, 5.41) is 0. The van der Waals surface area contributed by atoms with Crippen molar-refractivity contribution in [3.8, 4) is 0 Å². The number of hydrogen-bond donors (Lipinski definition) is 1. The minimum Gasteiger partial charge on any atom is -0.381 e. The first-order valence-corrected chi connectivity index (χ1v) is 8.12. The van der Waals surface area contributed by atoms with Crippen LogP contribution in [-0.4, -0.2) is 24.7 Å². The molecule has 18 heavy (non-hydrogen) atoms. The summed E-state index contributed by atoms with van der Waals surface area (Å²) in [5.74, 6) is 0.817. The van der Waals surface area contributed by atoms with Gasteiger partial charge in [-0.15, -0.1) is 9.42 Å². The van der Waals surface area contributed by atoms with E-state index in [1.165, 1.54) is 25.7 Å². The highest BCUT2D eigenvalue weighted by Crippen LogP contribution is 2.14. The van der Waals surface area contributed by atoms with Gasteiger partial charge in [0.2, 0.25) is 0 Å². The van der Waals surface area contributed by atoms with Crippen molar-refractivity contribution in [2.45, 2.75) is 58.8 Å². The van der Waals surface area contributed by atoms with Gasteiger partial charge in [0.15, 0.2) is 0 Å². The molecule has 0 fully saturated rings. The molecule has 0 aromatic rings. The van der Waals surface area contributed by atoms with E-state index in [-0.39, 0.29) is 0 Å². The van der Waals surface area contributed by atoms with Gasteiger partial charge in [-0.1, -0.05) is 39.5 Å². The third-order valence-electron chi connectivity index (χ3n) is 2.70. The van der Waals surface area contributed by atoms with Crippen LogP contribution in [0.1, 0.15) is 58.8 Å². The van der Waals surface area contributed by atoms with Crippen molar-refractivity contribution >= 4 is 8.25 Å². The fraction of sp³-hybridized carbons (Fsp3) is 1.00. The molecule has 0 heterocycles. The highest BCUT2D eigenvalue weighted by atomic mass is 31.1. The molecular formula is C13H28O4P+. The van der Waals surface area contributed by atoms with Crippen LogP contribution in [0.5, 0.6) is 0 Å².